The fraction of sp³-hybridized carbons (Fsp3) is 0.462. The number of anilines is 2. The molecule has 0 spiro atoms. The van der Waals surface area contributed by atoms with Crippen LogP contribution in [0.2, 0.25) is 0 Å². The number of nitrogens with one attached hydrogen (secondary N) is 2. The van der Waals surface area contributed by atoms with Gasteiger partial charge in [0.25, 0.3) is 5.91 Å². The standard InChI is InChI=1S/C13H22N4OS/c1-5-6-15-13(18)12-10(14)7-11(19-12)16-8-9(2)17(3)4/h5,7,9,16H,1,6,8,14H2,2-4H3,(H,15,18). The van der Waals surface area contributed by atoms with E-state index in [-0.39, 0.29) is 5.91 Å². The number of amides is 1. The first-order valence-corrected chi connectivity index (χ1v) is 6.96. The Kier molecular flexibility index (Phi) is 5.85. The lowest BCUT2D eigenvalue weighted by atomic mass is 10.3. The molecule has 1 amide bonds. The Labute approximate surface area is 118 Å². The van der Waals surface area contributed by atoms with Gasteiger partial charge in [-0.05, 0) is 27.1 Å². The molecule has 0 aliphatic rings. The fourth-order valence-electron chi connectivity index (χ4n) is 1.35. The molecule has 6 heteroatoms. The van der Waals surface area contributed by atoms with Crippen molar-refractivity contribution in [3.8, 4) is 0 Å². The Morgan fingerprint density at radius 3 is 2.89 bits per heavy atom. The zero-order valence-corrected chi connectivity index (χ0v) is 12.5. The summed E-state index contributed by atoms with van der Waals surface area (Å²) in [6, 6.07) is 2.21. The number of nitrogens with zero attached hydrogens (tertiary/aromatic N) is 1. The lowest BCUT2D eigenvalue weighted by Gasteiger charge is -2.19. The Morgan fingerprint density at radius 2 is 2.32 bits per heavy atom. The number of hydrogen-bond donors (Lipinski definition) is 3. The van der Waals surface area contributed by atoms with Crippen LogP contribution in [0, 0.1) is 0 Å². The van der Waals surface area contributed by atoms with Gasteiger partial charge in [-0.3, -0.25) is 4.79 Å². The van der Waals surface area contributed by atoms with E-state index < -0.39 is 0 Å². The molecule has 1 unspecified atom stereocenters. The number of likely N-dealkylation sites (N-methyl/N-ethyl adjacent to an activating group) is 1. The van der Waals surface area contributed by atoms with Gasteiger partial charge >= 0.3 is 0 Å². The monoisotopic (exact) mass is 282 g/mol. The third-order valence-electron chi connectivity index (χ3n) is 2.83. The maximum Gasteiger partial charge on any atom is 0.263 e. The van der Waals surface area contributed by atoms with E-state index in [0.717, 1.165) is 11.5 Å². The highest BCUT2D eigenvalue weighted by Gasteiger charge is 2.14. The highest BCUT2D eigenvalue weighted by molar-refractivity contribution is 7.18. The van der Waals surface area contributed by atoms with E-state index in [2.05, 4.69) is 29.0 Å². The predicted octanol–water partition coefficient (Wildman–Crippen LogP) is 1.61. The summed E-state index contributed by atoms with van der Waals surface area (Å²) in [6.45, 7) is 6.93. The molecule has 106 valence electrons. The van der Waals surface area contributed by atoms with E-state index in [9.17, 15) is 4.79 Å². The van der Waals surface area contributed by atoms with Crippen LogP contribution in [0.15, 0.2) is 18.7 Å². The van der Waals surface area contributed by atoms with Crippen molar-refractivity contribution < 1.29 is 4.79 Å². The minimum Gasteiger partial charge on any atom is -0.397 e. The highest BCUT2D eigenvalue weighted by atomic mass is 32.1. The molecule has 0 saturated heterocycles. The van der Waals surface area contributed by atoms with E-state index in [1.165, 1.54) is 11.3 Å². The molecule has 0 aliphatic heterocycles. The molecule has 19 heavy (non-hydrogen) atoms. The van der Waals surface area contributed by atoms with Crippen molar-refractivity contribution in [1.29, 1.82) is 0 Å². The van der Waals surface area contributed by atoms with E-state index in [1.54, 1.807) is 12.1 Å². The van der Waals surface area contributed by atoms with Gasteiger partial charge in [0.2, 0.25) is 0 Å². The topological polar surface area (TPSA) is 70.4 Å². The van der Waals surface area contributed by atoms with E-state index in [4.69, 9.17) is 5.73 Å². The minimum absolute atomic E-state index is 0.156. The first-order valence-electron chi connectivity index (χ1n) is 6.14. The third kappa shape index (κ3) is 4.57. The van der Waals surface area contributed by atoms with Gasteiger partial charge in [-0.15, -0.1) is 17.9 Å². The van der Waals surface area contributed by atoms with Crippen LogP contribution in [-0.4, -0.2) is 44.0 Å². The molecule has 5 nitrogen and oxygen atoms in total. The van der Waals surface area contributed by atoms with Crippen molar-refractivity contribution in [1.82, 2.24) is 10.2 Å². The Bertz CT molecular complexity index is 442. The molecule has 1 atom stereocenters. The van der Waals surface area contributed by atoms with Gasteiger partial charge in [-0.1, -0.05) is 6.08 Å². The zero-order valence-electron chi connectivity index (χ0n) is 11.7. The summed E-state index contributed by atoms with van der Waals surface area (Å²) < 4.78 is 0. The number of rotatable bonds is 7. The molecule has 0 radical (unpaired) electrons. The second-order valence-corrected chi connectivity index (χ2v) is 5.64. The molecule has 4 N–H and O–H groups in total. The van der Waals surface area contributed by atoms with E-state index in [0.29, 0.717) is 23.2 Å². The lowest BCUT2D eigenvalue weighted by Crippen LogP contribution is -2.31. The third-order valence-corrected chi connectivity index (χ3v) is 3.93. The summed E-state index contributed by atoms with van der Waals surface area (Å²) >= 11 is 1.37. The Hall–Kier alpha value is -1.53. The van der Waals surface area contributed by atoms with Crippen molar-refractivity contribution in [3.05, 3.63) is 23.6 Å². The number of carbonyl (C=O) groups is 1. The second kappa shape index (κ2) is 7.16. The molecule has 0 bridgehead atoms. The summed E-state index contributed by atoms with van der Waals surface area (Å²) in [4.78, 5) is 14.5. The molecular formula is C13H22N4OS. The van der Waals surface area contributed by atoms with Gasteiger partial charge in [-0.2, -0.15) is 0 Å². The van der Waals surface area contributed by atoms with Gasteiger partial charge in [0.15, 0.2) is 0 Å². The van der Waals surface area contributed by atoms with Gasteiger partial charge in [0.05, 0.1) is 10.7 Å². The maximum atomic E-state index is 11.8. The predicted molar refractivity (Wildman–Crippen MR) is 82.9 cm³/mol. The molecule has 0 aliphatic carbocycles. The SMILES string of the molecule is C=CCNC(=O)c1sc(NCC(C)N(C)C)cc1N. The van der Waals surface area contributed by atoms with Gasteiger partial charge in [-0.25, -0.2) is 0 Å². The number of nitrogens with two attached hydrogens (primary N) is 1. The fourth-order valence-corrected chi connectivity index (χ4v) is 2.25. The summed E-state index contributed by atoms with van der Waals surface area (Å²) in [5.41, 5.74) is 6.36. The molecule has 0 fully saturated rings. The quantitative estimate of drug-likeness (QED) is 0.665. The van der Waals surface area contributed by atoms with Crippen molar-refractivity contribution >= 4 is 27.9 Å². The molecule has 1 aromatic rings. The van der Waals surface area contributed by atoms with Crippen molar-refractivity contribution in [2.45, 2.75) is 13.0 Å². The smallest absolute Gasteiger partial charge is 0.263 e. The Balaban J connectivity index is 2.63. The van der Waals surface area contributed by atoms with Crippen LogP contribution in [0.4, 0.5) is 10.7 Å². The number of nitrogen functional groups attached to an aromatic ring is 1. The normalized spacial score (nSPS) is 12.2. The maximum absolute atomic E-state index is 11.8. The largest absolute Gasteiger partial charge is 0.397 e. The van der Waals surface area contributed by atoms with E-state index in [1.807, 2.05) is 14.1 Å². The molecule has 1 heterocycles. The van der Waals surface area contributed by atoms with Crippen LogP contribution in [0.5, 0.6) is 0 Å². The molecule has 0 saturated carbocycles. The van der Waals surface area contributed by atoms with E-state index >= 15 is 0 Å². The second-order valence-electron chi connectivity index (χ2n) is 4.59. The number of thiophene rings is 1. The Morgan fingerprint density at radius 1 is 1.63 bits per heavy atom. The van der Waals surface area contributed by atoms with Gasteiger partial charge < -0.3 is 21.3 Å². The summed E-state index contributed by atoms with van der Waals surface area (Å²) in [5, 5.41) is 6.93. The van der Waals surface area contributed by atoms with Crippen molar-refractivity contribution in [3.63, 3.8) is 0 Å². The first kappa shape index (κ1) is 15.5. The molecule has 0 aromatic carbocycles. The van der Waals surface area contributed by atoms with Crippen LogP contribution < -0.4 is 16.4 Å². The van der Waals surface area contributed by atoms with Crippen LogP contribution in [0.1, 0.15) is 16.6 Å². The number of hydrogen-bond acceptors (Lipinski definition) is 5. The zero-order chi connectivity index (χ0) is 14.4. The van der Waals surface area contributed by atoms with Gasteiger partial charge in [0, 0.05) is 19.1 Å². The van der Waals surface area contributed by atoms with Crippen LogP contribution in [0.25, 0.3) is 0 Å². The summed E-state index contributed by atoms with van der Waals surface area (Å²) in [7, 11) is 4.06. The highest BCUT2D eigenvalue weighted by Crippen LogP contribution is 2.29. The van der Waals surface area contributed by atoms with Crippen LogP contribution in [0.3, 0.4) is 0 Å². The average Bonchev–Trinajstić information content (AvgIpc) is 2.74. The lowest BCUT2D eigenvalue weighted by molar-refractivity contribution is 0.0963. The average molecular weight is 282 g/mol. The van der Waals surface area contributed by atoms with Crippen molar-refractivity contribution in [2.75, 3.05) is 38.2 Å². The minimum atomic E-state index is -0.156. The molecule has 1 aromatic heterocycles. The number of carbonyl (C=O) groups excluding carboxylic acids is 1. The van der Waals surface area contributed by atoms with Crippen LogP contribution in [-0.2, 0) is 0 Å². The van der Waals surface area contributed by atoms with Crippen molar-refractivity contribution in [2.24, 2.45) is 0 Å². The van der Waals surface area contributed by atoms with Gasteiger partial charge in [0.1, 0.15) is 4.88 Å². The molecule has 1 rings (SSSR count). The molecular weight excluding hydrogens is 260 g/mol. The first-order chi connectivity index (χ1) is 8.95. The van der Waals surface area contributed by atoms with Crippen LogP contribution >= 0.6 is 11.3 Å². The summed E-state index contributed by atoms with van der Waals surface area (Å²) in [5.74, 6) is -0.156. The summed E-state index contributed by atoms with van der Waals surface area (Å²) in [6.07, 6.45) is 1.64.